The normalized spacial score (nSPS) is 12.0. The van der Waals surface area contributed by atoms with Crippen molar-refractivity contribution in [3.63, 3.8) is 0 Å². The number of nitrogens with one attached hydrogen (secondary N) is 1. The highest BCUT2D eigenvalue weighted by molar-refractivity contribution is 6.35. The second-order valence-electron chi connectivity index (χ2n) is 5.98. The molecule has 26 heavy (non-hydrogen) atoms. The van der Waals surface area contributed by atoms with E-state index in [1.165, 1.54) is 0 Å². The lowest BCUT2D eigenvalue weighted by Gasteiger charge is -2.18. The molecule has 134 valence electrons. The molecule has 0 heterocycles. The molecule has 0 aliphatic heterocycles. The quantitative estimate of drug-likeness (QED) is 0.595. The van der Waals surface area contributed by atoms with Crippen molar-refractivity contribution in [2.45, 2.75) is 26.0 Å². The fraction of sp³-hybridized carbons (Fsp3) is 0.190. The summed E-state index contributed by atoms with van der Waals surface area (Å²) < 4.78 is 5.91. The van der Waals surface area contributed by atoms with Gasteiger partial charge in [0.15, 0.2) is 6.10 Å². The first kappa shape index (κ1) is 18.6. The molecule has 1 atom stereocenters. The minimum Gasteiger partial charge on any atom is -0.481 e. The molecule has 0 saturated heterocycles. The molecule has 3 rings (SSSR count). The zero-order valence-corrected chi connectivity index (χ0v) is 15.8. The zero-order valence-electron chi connectivity index (χ0n) is 14.3. The SMILES string of the molecule is CCC(Oc1ccc2ccccc2c1)C(=O)NCc1ccc(Cl)cc1Cl. The molecule has 0 aromatic heterocycles. The summed E-state index contributed by atoms with van der Waals surface area (Å²) >= 11 is 12.0. The number of hydrogen-bond acceptors (Lipinski definition) is 2. The van der Waals surface area contributed by atoms with Crippen LogP contribution in [-0.4, -0.2) is 12.0 Å². The fourth-order valence-corrected chi connectivity index (χ4v) is 3.16. The third-order valence-corrected chi connectivity index (χ3v) is 4.72. The highest BCUT2D eigenvalue weighted by Gasteiger charge is 2.18. The Morgan fingerprint density at radius 2 is 1.81 bits per heavy atom. The van der Waals surface area contributed by atoms with Crippen LogP contribution in [0.1, 0.15) is 18.9 Å². The molecule has 0 aliphatic rings. The Morgan fingerprint density at radius 1 is 1.04 bits per heavy atom. The Bertz CT molecular complexity index is 927. The Hall–Kier alpha value is -2.23. The van der Waals surface area contributed by atoms with Crippen LogP contribution in [-0.2, 0) is 11.3 Å². The van der Waals surface area contributed by atoms with E-state index in [4.69, 9.17) is 27.9 Å². The molecule has 1 unspecified atom stereocenters. The number of rotatable bonds is 6. The molecular weight excluding hydrogens is 369 g/mol. The summed E-state index contributed by atoms with van der Waals surface area (Å²) in [6.45, 7) is 2.24. The predicted octanol–water partition coefficient (Wildman–Crippen LogP) is 5.62. The minimum absolute atomic E-state index is 0.174. The van der Waals surface area contributed by atoms with Crippen molar-refractivity contribution in [1.29, 1.82) is 0 Å². The van der Waals surface area contributed by atoms with E-state index in [1.54, 1.807) is 18.2 Å². The van der Waals surface area contributed by atoms with Gasteiger partial charge >= 0.3 is 0 Å². The van der Waals surface area contributed by atoms with Gasteiger partial charge in [0.2, 0.25) is 0 Å². The second kappa shape index (κ2) is 8.43. The van der Waals surface area contributed by atoms with Gasteiger partial charge in [0.1, 0.15) is 5.75 Å². The number of carbonyl (C=O) groups excluding carboxylic acids is 1. The molecule has 3 aromatic carbocycles. The van der Waals surface area contributed by atoms with Crippen molar-refractivity contribution in [1.82, 2.24) is 5.32 Å². The predicted molar refractivity (Wildman–Crippen MR) is 107 cm³/mol. The maximum Gasteiger partial charge on any atom is 0.261 e. The topological polar surface area (TPSA) is 38.3 Å². The van der Waals surface area contributed by atoms with Gasteiger partial charge in [-0.05, 0) is 47.0 Å². The zero-order chi connectivity index (χ0) is 18.5. The number of ether oxygens (including phenoxy) is 1. The molecule has 0 fully saturated rings. The third kappa shape index (κ3) is 4.48. The molecule has 3 nitrogen and oxygen atoms in total. The first-order chi connectivity index (χ1) is 12.6. The average Bonchev–Trinajstić information content (AvgIpc) is 2.65. The average molecular weight is 388 g/mol. The standard InChI is InChI=1S/C21H19Cl2NO2/c1-2-20(21(25)24-13-16-7-9-17(22)12-19(16)23)26-18-10-8-14-5-3-4-6-15(14)11-18/h3-12,20H,2,13H2,1H3,(H,24,25). The van der Waals surface area contributed by atoms with Crippen LogP contribution in [0.2, 0.25) is 10.0 Å². The van der Waals surface area contributed by atoms with Gasteiger partial charge in [-0.3, -0.25) is 4.79 Å². The molecule has 0 spiro atoms. The molecule has 1 amide bonds. The highest BCUT2D eigenvalue weighted by Crippen LogP contribution is 2.23. The van der Waals surface area contributed by atoms with Gasteiger partial charge in [0.25, 0.3) is 5.91 Å². The van der Waals surface area contributed by atoms with E-state index in [9.17, 15) is 4.79 Å². The van der Waals surface area contributed by atoms with Crippen LogP contribution in [0.3, 0.4) is 0 Å². The fourth-order valence-electron chi connectivity index (χ4n) is 2.69. The summed E-state index contributed by atoms with van der Waals surface area (Å²) in [5.41, 5.74) is 0.810. The first-order valence-corrected chi connectivity index (χ1v) is 9.19. The van der Waals surface area contributed by atoms with Crippen molar-refractivity contribution in [3.05, 3.63) is 76.3 Å². The maximum atomic E-state index is 12.5. The van der Waals surface area contributed by atoms with Gasteiger partial charge in [0, 0.05) is 16.6 Å². The summed E-state index contributed by atoms with van der Waals surface area (Å²) in [6, 6.07) is 19.1. The maximum absolute atomic E-state index is 12.5. The van der Waals surface area contributed by atoms with E-state index in [2.05, 4.69) is 5.32 Å². The second-order valence-corrected chi connectivity index (χ2v) is 6.82. The number of benzene rings is 3. The molecule has 0 radical (unpaired) electrons. The summed E-state index contributed by atoms with van der Waals surface area (Å²) in [7, 11) is 0. The van der Waals surface area contributed by atoms with Gasteiger partial charge in [-0.1, -0.05) is 66.5 Å². The summed E-state index contributed by atoms with van der Waals surface area (Å²) in [6.07, 6.45) is -0.00486. The number of fused-ring (bicyclic) bond motifs is 1. The molecule has 1 N–H and O–H groups in total. The molecule has 0 aliphatic carbocycles. The van der Waals surface area contributed by atoms with E-state index >= 15 is 0 Å². The Labute approximate surface area is 162 Å². The van der Waals surface area contributed by atoms with Crippen molar-refractivity contribution in [2.75, 3.05) is 0 Å². The van der Waals surface area contributed by atoms with Crippen LogP contribution in [0, 0.1) is 0 Å². The lowest BCUT2D eigenvalue weighted by Crippen LogP contribution is -2.37. The molecule has 0 saturated carbocycles. The third-order valence-electron chi connectivity index (χ3n) is 4.13. The van der Waals surface area contributed by atoms with Crippen LogP contribution in [0.5, 0.6) is 5.75 Å². The summed E-state index contributed by atoms with van der Waals surface area (Å²) in [4.78, 5) is 12.5. The largest absolute Gasteiger partial charge is 0.481 e. The monoisotopic (exact) mass is 387 g/mol. The lowest BCUT2D eigenvalue weighted by molar-refractivity contribution is -0.128. The van der Waals surface area contributed by atoms with Gasteiger partial charge in [0.05, 0.1) is 0 Å². The molecule has 0 bridgehead atoms. The van der Waals surface area contributed by atoms with Crippen LogP contribution in [0.4, 0.5) is 0 Å². The van der Waals surface area contributed by atoms with E-state index < -0.39 is 6.10 Å². The van der Waals surface area contributed by atoms with Crippen LogP contribution in [0.25, 0.3) is 10.8 Å². The molecule has 5 heteroatoms. The Kier molecular flexibility index (Phi) is 6.02. The number of amides is 1. The first-order valence-electron chi connectivity index (χ1n) is 8.44. The van der Waals surface area contributed by atoms with Gasteiger partial charge in [-0.15, -0.1) is 0 Å². The number of halogens is 2. The van der Waals surface area contributed by atoms with Crippen molar-refractivity contribution < 1.29 is 9.53 Å². The lowest BCUT2D eigenvalue weighted by atomic mass is 10.1. The van der Waals surface area contributed by atoms with Crippen molar-refractivity contribution in [2.24, 2.45) is 0 Å². The van der Waals surface area contributed by atoms with Crippen LogP contribution >= 0.6 is 23.2 Å². The van der Waals surface area contributed by atoms with Crippen molar-refractivity contribution in [3.8, 4) is 5.75 Å². The Morgan fingerprint density at radius 3 is 2.54 bits per heavy atom. The minimum atomic E-state index is -0.567. The van der Waals surface area contributed by atoms with E-state index in [0.29, 0.717) is 28.8 Å². The highest BCUT2D eigenvalue weighted by atomic mass is 35.5. The smallest absolute Gasteiger partial charge is 0.261 e. The number of hydrogen-bond donors (Lipinski definition) is 1. The Balaban J connectivity index is 1.66. The van der Waals surface area contributed by atoms with Gasteiger partial charge in [-0.2, -0.15) is 0 Å². The van der Waals surface area contributed by atoms with Gasteiger partial charge in [-0.25, -0.2) is 0 Å². The van der Waals surface area contributed by atoms with Crippen LogP contribution in [0.15, 0.2) is 60.7 Å². The number of carbonyl (C=O) groups is 1. The van der Waals surface area contributed by atoms with E-state index in [1.807, 2.05) is 49.4 Å². The van der Waals surface area contributed by atoms with Crippen LogP contribution < -0.4 is 10.1 Å². The van der Waals surface area contributed by atoms with Gasteiger partial charge < -0.3 is 10.1 Å². The van der Waals surface area contributed by atoms with E-state index in [0.717, 1.165) is 16.3 Å². The van der Waals surface area contributed by atoms with E-state index in [-0.39, 0.29) is 5.91 Å². The molecular formula is C21H19Cl2NO2. The summed E-state index contributed by atoms with van der Waals surface area (Å²) in [5.74, 6) is 0.502. The summed E-state index contributed by atoms with van der Waals surface area (Å²) in [5, 5.41) is 6.18. The molecule has 3 aromatic rings. The van der Waals surface area contributed by atoms with Crippen molar-refractivity contribution >= 4 is 39.9 Å².